The largest absolute Gasteiger partial charge is 0.373 e. The Labute approximate surface area is 104 Å². The molecule has 0 aromatic carbocycles. The van der Waals surface area contributed by atoms with Gasteiger partial charge in [0.05, 0.1) is 5.69 Å². The van der Waals surface area contributed by atoms with Gasteiger partial charge in [-0.15, -0.1) is 0 Å². The van der Waals surface area contributed by atoms with E-state index in [1.807, 2.05) is 13.8 Å². The van der Waals surface area contributed by atoms with Crippen LogP contribution in [0, 0.1) is 13.8 Å². The molecule has 1 amide bonds. The van der Waals surface area contributed by atoms with Gasteiger partial charge in [0.2, 0.25) is 5.88 Å². The maximum Gasteiger partial charge on any atom is 0.276 e. The van der Waals surface area contributed by atoms with Gasteiger partial charge < -0.3 is 9.84 Å². The van der Waals surface area contributed by atoms with Crippen molar-refractivity contribution in [1.82, 2.24) is 10.1 Å². The number of carbonyl (C=O) groups is 1. The summed E-state index contributed by atoms with van der Waals surface area (Å²) < 4.78 is 5.02. The summed E-state index contributed by atoms with van der Waals surface area (Å²) >= 11 is 0. The summed E-state index contributed by atoms with van der Waals surface area (Å²) in [6.07, 6.45) is 0. The monoisotopic (exact) mass is 246 g/mol. The van der Waals surface area contributed by atoms with E-state index in [1.165, 1.54) is 0 Å². The van der Waals surface area contributed by atoms with Crippen molar-refractivity contribution in [3.8, 4) is 0 Å². The molecule has 0 radical (unpaired) electrons. The maximum atomic E-state index is 12.0. The second kappa shape index (κ2) is 4.87. The van der Waals surface area contributed by atoms with E-state index in [1.54, 1.807) is 25.2 Å². The molecule has 0 aliphatic heterocycles. The lowest BCUT2D eigenvalue weighted by molar-refractivity contribution is 0.101. The maximum absolute atomic E-state index is 12.0. The number of hydrogen-bond donors (Lipinski definition) is 2. The number of aromatic nitrogens is 2. The highest BCUT2D eigenvalue weighted by Gasteiger charge is 2.14. The number of amides is 1. The number of nitrogens with one attached hydrogen (secondary N) is 2. The first-order chi connectivity index (χ1) is 8.61. The zero-order chi connectivity index (χ0) is 13.1. The molecule has 0 bridgehead atoms. The Balaban J connectivity index is 2.19. The lowest BCUT2D eigenvalue weighted by Crippen LogP contribution is -2.14. The molecule has 0 aliphatic carbocycles. The highest BCUT2D eigenvalue weighted by molar-refractivity contribution is 6.02. The Bertz CT molecular complexity index is 577. The standard InChI is InChI=1S/C12H14N4O2/c1-7-8(2)16-18-12(7)15-11(17)9-5-4-6-10(13-3)14-9/h4-6H,1-3H3,(H,13,14)(H,15,17). The summed E-state index contributed by atoms with van der Waals surface area (Å²) in [6, 6.07) is 5.17. The predicted octanol–water partition coefficient (Wildman–Crippen LogP) is 1.98. The topological polar surface area (TPSA) is 80.0 Å². The van der Waals surface area contributed by atoms with Crippen molar-refractivity contribution >= 4 is 17.6 Å². The second-order valence-electron chi connectivity index (χ2n) is 3.83. The van der Waals surface area contributed by atoms with Crippen LogP contribution in [0.25, 0.3) is 0 Å². The van der Waals surface area contributed by atoms with Crippen molar-refractivity contribution in [2.45, 2.75) is 13.8 Å². The van der Waals surface area contributed by atoms with E-state index in [4.69, 9.17) is 4.52 Å². The average molecular weight is 246 g/mol. The first-order valence-corrected chi connectivity index (χ1v) is 5.51. The van der Waals surface area contributed by atoms with E-state index in [2.05, 4.69) is 20.8 Å². The Morgan fingerprint density at radius 2 is 2.11 bits per heavy atom. The molecule has 0 spiro atoms. The molecule has 2 heterocycles. The van der Waals surface area contributed by atoms with Crippen LogP contribution in [0.2, 0.25) is 0 Å². The van der Waals surface area contributed by atoms with Crippen LogP contribution in [0.4, 0.5) is 11.7 Å². The summed E-state index contributed by atoms with van der Waals surface area (Å²) in [5.74, 6) is 0.661. The number of hydrogen-bond acceptors (Lipinski definition) is 5. The molecule has 6 heteroatoms. The van der Waals surface area contributed by atoms with Gasteiger partial charge in [-0.05, 0) is 26.0 Å². The number of anilines is 2. The van der Waals surface area contributed by atoms with E-state index in [0.29, 0.717) is 17.4 Å². The van der Waals surface area contributed by atoms with E-state index in [-0.39, 0.29) is 5.91 Å². The fraction of sp³-hybridized carbons (Fsp3) is 0.250. The third kappa shape index (κ3) is 2.32. The van der Waals surface area contributed by atoms with Gasteiger partial charge >= 0.3 is 0 Å². The molecule has 0 saturated heterocycles. The van der Waals surface area contributed by atoms with Crippen molar-refractivity contribution < 1.29 is 9.32 Å². The van der Waals surface area contributed by atoms with Gasteiger partial charge in [-0.25, -0.2) is 4.98 Å². The number of aryl methyl sites for hydroxylation is 1. The van der Waals surface area contributed by atoms with Crippen LogP contribution in [-0.4, -0.2) is 23.1 Å². The summed E-state index contributed by atoms with van der Waals surface area (Å²) in [7, 11) is 1.74. The van der Waals surface area contributed by atoms with Gasteiger partial charge in [-0.3, -0.25) is 10.1 Å². The highest BCUT2D eigenvalue weighted by Crippen LogP contribution is 2.18. The zero-order valence-corrected chi connectivity index (χ0v) is 10.4. The Morgan fingerprint density at radius 3 is 2.72 bits per heavy atom. The van der Waals surface area contributed by atoms with E-state index < -0.39 is 0 Å². The number of rotatable bonds is 3. The summed E-state index contributed by atoms with van der Waals surface area (Å²) in [5.41, 5.74) is 1.88. The molecule has 2 rings (SSSR count). The van der Waals surface area contributed by atoms with Crippen molar-refractivity contribution in [2.24, 2.45) is 0 Å². The molecule has 18 heavy (non-hydrogen) atoms. The van der Waals surface area contributed by atoms with Crippen molar-refractivity contribution in [1.29, 1.82) is 0 Å². The Morgan fingerprint density at radius 1 is 1.33 bits per heavy atom. The minimum absolute atomic E-state index is 0.315. The number of carbonyl (C=O) groups excluding carboxylic acids is 1. The number of pyridine rings is 1. The molecular formula is C12H14N4O2. The molecule has 2 N–H and O–H groups in total. The lowest BCUT2D eigenvalue weighted by Gasteiger charge is -2.03. The fourth-order valence-electron chi connectivity index (χ4n) is 1.40. The van der Waals surface area contributed by atoms with Crippen LogP contribution in [0.3, 0.4) is 0 Å². The minimum atomic E-state index is -0.327. The summed E-state index contributed by atoms with van der Waals surface area (Å²) in [6.45, 7) is 3.65. The van der Waals surface area contributed by atoms with Gasteiger partial charge in [0, 0.05) is 12.6 Å². The van der Waals surface area contributed by atoms with E-state index in [0.717, 1.165) is 11.3 Å². The molecule has 0 atom stereocenters. The lowest BCUT2D eigenvalue weighted by atomic mass is 10.2. The van der Waals surface area contributed by atoms with Crippen LogP contribution in [0.1, 0.15) is 21.7 Å². The van der Waals surface area contributed by atoms with Crippen molar-refractivity contribution in [3.63, 3.8) is 0 Å². The van der Waals surface area contributed by atoms with E-state index in [9.17, 15) is 4.79 Å². The Kier molecular flexibility index (Phi) is 3.27. The first kappa shape index (κ1) is 12.1. The minimum Gasteiger partial charge on any atom is -0.373 e. The molecule has 2 aromatic rings. The highest BCUT2D eigenvalue weighted by atomic mass is 16.5. The third-order valence-corrected chi connectivity index (χ3v) is 2.62. The van der Waals surface area contributed by atoms with Gasteiger partial charge in [0.1, 0.15) is 11.5 Å². The predicted molar refractivity (Wildman–Crippen MR) is 67.7 cm³/mol. The third-order valence-electron chi connectivity index (χ3n) is 2.62. The fourth-order valence-corrected chi connectivity index (χ4v) is 1.40. The smallest absolute Gasteiger partial charge is 0.276 e. The molecule has 6 nitrogen and oxygen atoms in total. The summed E-state index contributed by atoms with van der Waals surface area (Å²) in [5, 5.41) is 9.29. The molecular weight excluding hydrogens is 232 g/mol. The normalized spacial score (nSPS) is 10.2. The van der Waals surface area contributed by atoms with Gasteiger partial charge in [-0.2, -0.15) is 0 Å². The SMILES string of the molecule is CNc1cccc(C(=O)Nc2onc(C)c2C)n1. The molecule has 94 valence electrons. The second-order valence-corrected chi connectivity index (χ2v) is 3.83. The summed E-state index contributed by atoms with van der Waals surface area (Å²) in [4.78, 5) is 16.1. The van der Waals surface area contributed by atoms with Crippen LogP contribution in [0.5, 0.6) is 0 Å². The van der Waals surface area contributed by atoms with Crippen LogP contribution >= 0.6 is 0 Å². The number of nitrogens with zero attached hydrogens (tertiary/aromatic N) is 2. The molecule has 0 saturated carbocycles. The van der Waals surface area contributed by atoms with Gasteiger partial charge in [-0.1, -0.05) is 11.2 Å². The van der Waals surface area contributed by atoms with Crippen molar-refractivity contribution in [3.05, 3.63) is 35.2 Å². The van der Waals surface area contributed by atoms with Crippen LogP contribution in [-0.2, 0) is 0 Å². The van der Waals surface area contributed by atoms with E-state index >= 15 is 0 Å². The molecule has 0 aliphatic rings. The van der Waals surface area contributed by atoms with Gasteiger partial charge in [0.15, 0.2) is 0 Å². The van der Waals surface area contributed by atoms with Crippen LogP contribution in [0.15, 0.2) is 22.7 Å². The van der Waals surface area contributed by atoms with Gasteiger partial charge in [0.25, 0.3) is 5.91 Å². The molecule has 0 unspecified atom stereocenters. The first-order valence-electron chi connectivity index (χ1n) is 5.51. The molecule has 2 aromatic heterocycles. The zero-order valence-electron chi connectivity index (χ0n) is 10.4. The average Bonchev–Trinajstić information content (AvgIpc) is 2.71. The Hall–Kier alpha value is -2.37. The molecule has 0 fully saturated rings. The van der Waals surface area contributed by atoms with Crippen molar-refractivity contribution in [2.75, 3.05) is 17.7 Å². The van der Waals surface area contributed by atoms with Crippen LogP contribution < -0.4 is 10.6 Å². The quantitative estimate of drug-likeness (QED) is 0.865.